The van der Waals surface area contributed by atoms with E-state index in [-0.39, 0.29) is 0 Å². The van der Waals surface area contributed by atoms with Crippen LogP contribution in [0.2, 0.25) is 0 Å². The van der Waals surface area contributed by atoms with E-state index in [1.165, 1.54) is 148 Å². The molecule has 0 aromatic rings. The van der Waals surface area contributed by atoms with Gasteiger partial charge in [0.2, 0.25) is 5.91 Å². The standard InChI is InChI=1S/C48H91NO5/c1-3-5-7-9-11-13-15-17-19-21-23-24-26-28-30-32-34-36-38-40-42-46(52)48(54)49-44(43-50)47(53)45(51)41-39-37-35-33-31-29-27-25-22-20-18-16-14-12-10-8-6-4-2/h16,18,25,27,33,35,44-47,50-53H,3-15,17,19-24,26,28-32,34,36-43H2,1-2H3,(H,49,54)/b18-16+,27-25+,35-33+. The van der Waals surface area contributed by atoms with Crippen LogP contribution in [0.5, 0.6) is 0 Å². The van der Waals surface area contributed by atoms with Crippen LogP contribution in [0.1, 0.15) is 232 Å². The minimum atomic E-state index is -1.29. The first-order chi connectivity index (χ1) is 26.5. The lowest BCUT2D eigenvalue weighted by Crippen LogP contribution is -2.53. The Hall–Kier alpha value is -1.47. The van der Waals surface area contributed by atoms with E-state index in [2.05, 4.69) is 55.6 Å². The number of carbonyl (C=O) groups is 1. The summed E-state index contributed by atoms with van der Waals surface area (Å²) in [6.45, 7) is 4.03. The highest BCUT2D eigenvalue weighted by Crippen LogP contribution is 2.16. The van der Waals surface area contributed by atoms with E-state index < -0.39 is 36.9 Å². The molecule has 318 valence electrons. The van der Waals surface area contributed by atoms with Crippen molar-refractivity contribution in [3.05, 3.63) is 36.5 Å². The molecule has 0 aromatic carbocycles. The molecule has 0 spiro atoms. The Kier molecular flexibility index (Phi) is 41.5. The number of nitrogens with one attached hydrogen (secondary N) is 1. The minimum Gasteiger partial charge on any atom is -0.394 e. The molecule has 0 saturated heterocycles. The zero-order valence-corrected chi connectivity index (χ0v) is 35.7. The van der Waals surface area contributed by atoms with Crippen LogP contribution in [0.15, 0.2) is 36.5 Å². The first-order valence-electron chi connectivity index (χ1n) is 23.4. The summed E-state index contributed by atoms with van der Waals surface area (Å²) in [7, 11) is 0. The number of unbranched alkanes of at least 4 members (excludes halogenated alkanes) is 27. The number of rotatable bonds is 42. The lowest BCUT2D eigenvalue weighted by molar-refractivity contribution is -0.132. The van der Waals surface area contributed by atoms with Gasteiger partial charge in [0.25, 0.3) is 0 Å². The molecule has 0 bridgehead atoms. The number of hydrogen-bond donors (Lipinski definition) is 5. The van der Waals surface area contributed by atoms with Crippen molar-refractivity contribution in [2.45, 2.75) is 257 Å². The highest BCUT2D eigenvalue weighted by atomic mass is 16.3. The summed E-state index contributed by atoms with van der Waals surface area (Å²) in [6.07, 6.45) is 50.3. The fraction of sp³-hybridized carbons (Fsp3) is 0.854. The van der Waals surface area contributed by atoms with E-state index in [1.807, 2.05) is 0 Å². The maximum Gasteiger partial charge on any atom is 0.249 e. The molecule has 4 unspecified atom stereocenters. The zero-order chi connectivity index (χ0) is 39.6. The van der Waals surface area contributed by atoms with Crippen molar-refractivity contribution in [2.75, 3.05) is 6.61 Å². The molecule has 0 rings (SSSR count). The Bertz CT molecular complexity index is 858. The van der Waals surface area contributed by atoms with E-state index in [4.69, 9.17) is 0 Å². The van der Waals surface area contributed by atoms with Gasteiger partial charge in [-0.3, -0.25) is 4.79 Å². The highest BCUT2D eigenvalue weighted by molar-refractivity contribution is 5.80. The van der Waals surface area contributed by atoms with Crippen LogP contribution in [0, 0.1) is 0 Å². The summed E-state index contributed by atoms with van der Waals surface area (Å²) in [4.78, 5) is 12.5. The van der Waals surface area contributed by atoms with Crippen molar-refractivity contribution in [1.29, 1.82) is 0 Å². The maximum atomic E-state index is 12.5. The molecule has 0 heterocycles. The molecular weight excluding hydrogens is 671 g/mol. The predicted octanol–water partition coefficient (Wildman–Crippen LogP) is 12.5. The molecule has 0 aliphatic carbocycles. The van der Waals surface area contributed by atoms with Crippen molar-refractivity contribution in [2.24, 2.45) is 0 Å². The second-order valence-electron chi connectivity index (χ2n) is 16.1. The molecule has 6 heteroatoms. The first kappa shape index (κ1) is 52.5. The van der Waals surface area contributed by atoms with Crippen molar-refractivity contribution in [1.82, 2.24) is 5.32 Å². The van der Waals surface area contributed by atoms with Gasteiger partial charge in [-0.2, -0.15) is 0 Å². The summed E-state index contributed by atoms with van der Waals surface area (Å²) >= 11 is 0. The molecule has 54 heavy (non-hydrogen) atoms. The lowest BCUT2D eigenvalue weighted by atomic mass is 10.00. The third-order valence-electron chi connectivity index (χ3n) is 10.8. The van der Waals surface area contributed by atoms with Gasteiger partial charge >= 0.3 is 0 Å². The van der Waals surface area contributed by atoms with Crippen LogP contribution in [0.3, 0.4) is 0 Å². The monoisotopic (exact) mass is 762 g/mol. The van der Waals surface area contributed by atoms with Gasteiger partial charge < -0.3 is 25.7 Å². The topological polar surface area (TPSA) is 110 Å². The number of aliphatic hydroxyl groups is 4. The quantitative estimate of drug-likeness (QED) is 0.0314. The van der Waals surface area contributed by atoms with Gasteiger partial charge in [0.15, 0.2) is 0 Å². The number of hydrogen-bond acceptors (Lipinski definition) is 5. The largest absolute Gasteiger partial charge is 0.394 e. The second-order valence-corrected chi connectivity index (χ2v) is 16.1. The molecule has 5 N–H and O–H groups in total. The van der Waals surface area contributed by atoms with Crippen molar-refractivity contribution in [3.8, 4) is 0 Å². The number of amides is 1. The average molecular weight is 762 g/mol. The van der Waals surface area contributed by atoms with Gasteiger partial charge in [0.1, 0.15) is 12.2 Å². The summed E-state index contributed by atoms with van der Waals surface area (Å²) in [5, 5.41) is 43.7. The van der Waals surface area contributed by atoms with Gasteiger partial charge in [0.05, 0.1) is 18.8 Å². The molecule has 4 atom stereocenters. The van der Waals surface area contributed by atoms with Crippen molar-refractivity contribution >= 4 is 5.91 Å². The van der Waals surface area contributed by atoms with Gasteiger partial charge in [-0.05, 0) is 64.2 Å². The number of carbonyl (C=O) groups excluding carboxylic acids is 1. The molecule has 6 nitrogen and oxygen atoms in total. The Morgan fingerprint density at radius 2 is 0.778 bits per heavy atom. The maximum absolute atomic E-state index is 12.5. The fourth-order valence-corrected chi connectivity index (χ4v) is 7.08. The first-order valence-corrected chi connectivity index (χ1v) is 23.4. The molecular formula is C48H91NO5. The van der Waals surface area contributed by atoms with E-state index in [0.717, 1.165) is 51.4 Å². The summed E-state index contributed by atoms with van der Waals surface area (Å²) in [6, 6.07) is -1.01. The van der Waals surface area contributed by atoms with Crippen LogP contribution in [0.4, 0.5) is 0 Å². The normalized spacial score (nSPS) is 14.4. The smallest absolute Gasteiger partial charge is 0.249 e. The molecule has 0 radical (unpaired) electrons. The van der Waals surface area contributed by atoms with Gasteiger partial charge in [0, 0.05) is 0 Å². The summed E-state index contributed by atoms with van der Waals surface area (Å²) in [5.41, 5.74) is 0. The minimum absolute atomic E-state index is 0.361. The van der Waals surface area contributed by atoms with E-state index >= 15 is 0 Å². The molecule has 0 saturated carbocycles. The highest BCUT2D eigenvalue weighted by Gasteiger charge is 2.28. The Balaban J connectivity index is 3.77. The van der Waals surface area contributed by atoms with E-state index in [1.54, 1.807) is 0 Å². The zero-order valence-electron chi connectivity index (χ0n) is 35.7. The third-order valence-corrected chi connectivity index (χ3v) is 10.8. The average Bonchev–Trinajstić information content (AvgIpc) is 3.18. The van der Waals surface area contributed by atoms with Crippen LogP contribution >= 0.6 is 0 Å². The summed E-state index contributed by atoms with van der Waals surface area (Å²) < 4.78 is 0. The van der Waals surface area contributed by atoms with Crippen molar-refractivity contribution in [3.63, 3.8) is 0 Å². The SMILES string of the molecule is CCCCCCC/C=C/CC/C=C/CC/C=C/CCCC(O)C(O)C(CO)NC(=O)C(O)CCCCCCCCCCCCCCCCCCCCCC. The van der Waals surface area contributed by atoms with Crippen molar-refractivity contribution < 1.29 is 25.2 Å². The molecule has 0 aliphatic rings. The van der Waals surface area contributed by atoms with Crippen LogP contribution in [0.25, 0.3) is 0 Å². The summed E-state index contributed by atoms with van der Waals surface area (Å²) in [5.74, 6) is -0.597. The van der Waals surface area contributed by atoms with E-state index in [9.17, 15) is 25.2 Å². The number of aliphatic hydroxyl groups excluding tert-OH is 4. The Morgan fingerprint density at radius 1 is 0.444 bits per heavy atom. The Morgan fingerprint density at radius 3 is 1.17 bits per heavy atom. The molecule has 0 aromatic heterocycles. The molecule has 1 amide bonds. The van der Waals surface area contributed by atoms with Crippen LogP contribution < -0.4 is 5.32 Å². The van der Waals surface area contributed by atoms with Gasteiger partial charge in [-0.15, -0.1) is 0 Å². The molecule has 0 fully saturated rings. The van der Waals surface area contributed by atoms with Gasteiger partial charge in [-0.1, -0.05) is 204 Å². The fourth-order valence-electron chi connectivity index (χ4n) is 7.08. The third kappa shape index (κ3) is 36.2. The van der Waals surface area contributed by atoms with Gasteiger partial charge in [-0.25, -0.2) is 0 Å². The van der Waals surface area contributed by atoms with E-state index in [0.29, 0.717) is 19.3 Å². The second kappa shape index (κ2) is 42.7. The number of allylic oxidation sites excluding steroid dienone is 6. The van der Waals surface area contributed by atoms with Crippen LogP contribution in [-0.2, 0) is 4.79 Å². The Labute approximate surface area is 335 Å². The predicted molar refractivity (Wildman–Crippen MR) is 233 cm³/mol. The van der Waals surface area contributed by atoms with Crippen LogP contribution in [-0.4, -0.2) is 57.3 Å². The molecule has 0 aliphatic heterocycles. The lowest BCUT2D eigenvalue weighted by Gasteiger charge is -2.27.